The molecular formula is C16H24N2O5. The monoisotopic (exact) mass is 324 g/mol. The highest BCUT2D eigenvalue weighted by Gasteiger charge is 2.22. The summed E-state index contributed by atoms with van der Waals surface area (Å²) in [5.74, 6) is 1.85. The van der Waals surface area contributed by atoms with E-state index in [2.05, 4.69) is 5.32 Å². The molecule has 0 spiro atoms. The van der Waals surface area contributed by atoms with Crippen molar-refractivity contribution in [3.63, 3.8) is 0 Å². The lowest BCUT2D eigenvalue weighted by Gasteiger charge is -2.31. The first kappa shape index (κ1) is 17.2. The minimum Gasteiger partial charge on any atom is -0.496 e. The Hall–Kier alpha value is -2.15. The second-order valence-corrected chi connectivity index (χ2v) is 5.30. The molecule has 1 fully saturated rings. The molecule has 1 atom stereocenters. The number of urea groups is 1. The van der Waals surface area contributed by atoms with E-state index in [4.69, 9.17) is 18.9 Å². The van der Waals surface area contributed by atoms with E-state index in [1.54, 1.807) is 38.4 Å². The van der Waals surface area contributed by atoms with Crippen molar-refractivity contribution < 1.29 is 23.7 Å². The molecule has 7 nitrogen and oxygen atoms in total. The van der Waals surface area contributed by atoms with E-state index in [0.717, 1.165) is 5.56 Å². The first-order valence-electron chi connectivity index (χ1n) is 7.52. The maximum absolute atomic E-state index is 12.3. The summed E-state index contributed by atoms with van der Waals surface area (Å²) in [6.07, 6.45) is 0.0551. The van der Waals surface area contributed by atoms with Crippen molar-refractivity contribution in [1.82, 2.24) is 10.2 Å². The number of methoxy groups -OCH3 is 3. The number of carbonyl (C=O) groups is 1. The number of nitrogens with one attached hydrogen (secondary N) is 1. The Morgan fingerprint density at radius 1 is 1.26 bits per heavy atom. The number of hydrogen-bond donors (Lipinski definition) is 1. The molecule has 1 aliphatic heterocycles. The van der Waals surface area contributed by atoms with Gasteiger partial charge in [0.05, 0.1) is 46.1 Å². The Labute approximate surface area is 136 Å². The van der Waals surface area contributed by atoms with E-state index in [1.807, 2.05) is 6.92 Å². The SMILES string of the molecule is COc1cc(OC)c(CNC(=O)N2CCO[C@H](C)C2)c(OC)c1. The van der Waals surface area contributed by atoms with Crippen LogP contribution in [-0.4, -0.2) is 58.1 Å². The van der Waals surface area contributed by atoms with Crippen LogP contribution in [0.15, 0.2) is 12.1 Å². The van der Waals surface area contributed by atoms with Crippen LogP contribution in [0.25, 0.3) is 0 Å². The van der Waals surface area contributed by atoms with E-state index in [0.29, 0.717) is 43.5 Å². The zero-order chi connectivity index (χ0) is 16.8. The largest absolute Gasteiger partial charge is 0.496 e. The number of ether oxygens (including phenoxy) is 4. The minimum atomic E-state index is -0.125. The molecule has 0 radical (unpaired) electrons. The van der Waals surface area contributed by atoms with Gasteiger partial charge in [0.2, 0.25) is 0 Å². The molecule has 1 N–H and O–H groups in total. The van der Waals surface area contributed by atoms with Crippen LogP contribution in [-0.2, 0) is 11.3 Å². The predicted molar refractivity (Wildman–Crippen MR) is 85.3 cm³/mol. The van der Waals surface area contributed by atoms with Gasteiger partial charge >= 0.3 is 6.03 Å². The highest BCUT2D eigenvalue weighted by Crippen LogP contribution is 2.33. The molecule has 0 aliphatic carbocycles. The summed E-state index contributed by atoms with van der Waals surface area (Å²) in [5.41, 5.74) is 0.769. The molecule has 1 aromatic rings. The molecule has 7 heteroatoms. The third kappa shape index (κ3) is 4.19. The predicted octanol–water partition coefficient (Wildman–Crippen LogP) is 1.64. The second-order valence-electron chi connectivity index (χ2n) is 5.30. The van der Waals surface area contributed by atoms with E-state index in [1.165, 1.54) is 0 Å². The molecule has 128 valence electrons. The number of carbonyl (C=O) groups excluding carboxylic acids is 1. The molecule has 2 amide bonds. The third-order valence-electron chi connectivity index (χ3n) is 3.76. The molecule has 0 bridgehead atoms. The maximum atomic E-state index is 12.3. The van der Waals surface area contributed by atoms with Gasteiger partial charge in [-0.05, 0) is 6.92 Å². The smallest absolute Gasteiger partial charge is 0.317 e. The Balaban J connectivity index is 2.08. The average Bonchev–Trinajstić information content (AvgIpc) is 2.58. The van der Waals surface area contributed by atoms with Crippen LogP contribution in [0.5, 0.6) is 17.2 Å². The number of nitrogens with zero attached hydrogens (tertiary/aromatic N) is 1. The summed E-state index contributed by atoms with van der Waals surface area (Å²) in [4.78, 5) is 14.0. The quantitative estimate of drug-likeness (QED) is 0.892. The Bertz CT molecular complexity index is 524. The van der Waals surface area contributed by atoms with Crippen molar-refractivity contribution >= 4 is 6.03 Å². The van der Waals surface area contributed by atoms with Gasteiger partial charge in [-0.3, -0.25) is 0 Å². The zero-order valence-corrected chi connectivity index (χ0v) is 14.0. The van der Waals surface area contributed by atoms with E-state index < -0.39 is 0 Å². The molecular weight excluding hydrogens is 300 g/mol. The van der Waals surface area contributed by atoms with E-state index in [9.17, 15) is 4.79 Å². The normalized spacial score (nSPS) is 17.6. The van der Waals surface area contributed by atoms with Gasteiger partial charge in [-0.1, -0.05) is 0 Å². The first-order valence-corrected chi connectivity index (χ1v) is 7.52. The number of rotatable bonds is 5. The maximum Gasteiger partial charge on any atom is 0.317 e. The van der Waals surface area contributed by atoms with Crippen LogP contribution in [0.1, 0.15) is 12.5 Å². The van der Waals surface area contributed by atoms with E-state index in [-0.39, 0.29) is 12.1 Å². The molecule has 0 saturated carbocycles. The van der Waals surface area contributed by atoms with Crippen LogP contribution < -0.4 is 19.5 Å². The molecule has 1 aromatic carbocycles. The summed E-state index contributed by atoms with van der Waals surface area (Å²) in [7, 11) is 4.72. The van der Waals surface area contributed by atoms with Crippen molar-refractivity contribution in [2.24, 2.45) is 0 Å². The number of amides is 2. The fourth-order valence-electron chi connectivity index (χ4n) is 2.53. The molecule has 0 unspecified atom stereocenters. The summed E-state index contributed by atoms with van der Waals surface area (Å²) in [5, 5.41) is 2.91. The highest BCUT2D eigenvalue weighted by molar-refractivity contribution is 5.74. The van der Waals surface area contributed by atoms with Crippen LogP contribution in [0.4, 0.5) is 4.79 Å². The number of benzene rings is 1. The van der Waals surface area contributed by atoms with E-state index >= 15 is 0 Å². The van der Waals surface area contributed by atoms with Gasteiger partial charge in [0.25, 0.3) is 0 Å². The van der Waals surface area contributed by atoms with Crippen molar-refractivity contribution in [2.75, 3.05) is 41.0 Å². The molecule has 1 saturated heterocycles. The lowest BCUT2D eigenvalue weighted by Crippen LogP contribution is -2.48. The number of morpholine rings is 1. The van der Waals surface area contributed by atoms with Crippen LogP contribution in [0.3, 0.4) is 0 Å². The Kier molecular flexibility index (Phi) is 5.92. The third-order valence-corrected chi connectivity index (χ3v) is 3.76. The minimum absolute atomic E-state index is 0.0551. The van der Waals surface area contributed by atoms with Gasteiger partial charge in [0.1, 0.15) is 17.2 Å². The zero-order valence-electron chi connectivity index (χ0n) is 14.0. The number of hydrogen-bond acceptors (Lipinski definition) is 5. The second kappa shape index (κ2) is 7.92. The molecule has 0 aromatic heterocycles. The van der Waals surface area contributed by atoms with Gasteiger partial charge in [-0.2, -0.15) is 0 Å². The highest BCUT2D eigenvalue weighted by atomic mass is 16.5. The van der Waals surface area contributed by atoms with Crippen molar-refractivity contribution in [2.45, 2.75) is 19.6 Å². The molecule has 2 rings (SSSR count). The fraction of sp³-hybridized carbons (Fsp3) is 0.562. The molecule has 23 heavy (non-hydrogen) atoms. The molecule has 1 heterocycles. The van der Waals surface area contributed by atoms with Crippen molar-refractivity contribution in [1.29, 1.82) is 0 Å². The first-order chi connectivity index (χ1) is 11.1. The van der Waals surface area contributed by atoms with Gasteiger partial charge < -0.3 is 29.2 Å². The van der Waals surface area contributed by atoms with Crippen LogP contribution in [0.2, 0.25) is 0 Å². The fourth-order valence-corrected chi connectivity index (χ4v) is 2.53. The lowest BCUT2D eigenvalue weighted by molar-refractivity contribution is -0.00353. The van der Waals surface area contributed by atoms with Gasteiger partial charge in [-0.25, -0.2) is 4.79 Å². The average molecular weight is 324 g/mol. The topological polar surface area (TPSA) is 69.3 Å². The Morgan fingerprint density at radius 2 is 1.91 bits per heavy atom. The summed E-state index contributed by atoms with van der Waals surface area (Å²) < 4.78 is 21.4. The lowest BCUT2D eigenvalue weighted by atomic mass is 10.1. The molecule has 1 aliphatic rings. The summed E-state index contributed by atoms with van der Waals surface area (Å²) in [6.45, 7) is 4.00. The summed E-state index contributed by atoms with van der Waals surface area (Å²) in [6, 6.07) is 3.40. The summed E-state index contributed by atoms with van der Waals surface area (Å²) >= 11 is 0. The van der Waals surface area contributed by atoms with Crippen molar-refractivity contribution in [3.8, 4) is 17.2 Å². The van der Waals surface area contributed by atoms with Gasteiger partial charge in [-0.15, -0.1) is 0 Å². The van der Waals surface area contributed by atoms with Gasteiger partial charge in [0, 0.05) is 25.2 Å². The Morgan fingerprint density at radius 3 is 2.43 bits per heavy atom. The van der Waals surface area contributed by atoms with Crippen molar-refractivity contribution in [3.05, 3.63) is 17.7 Å². The van der Waals surface area contributed by atoms with Crippen LogP contribution >= 0.6 is 0 Å². The van der Waals surface area contributed by atoms with Crippen LogP contribution in [0, 0.1) is 0 Å². The standard InChI is InChI=1S/C16H24N2O5/c1-11-10-18(5-6-23-11)16(19)17-9-13-14(21-3)7-12(20-2)8-15(13)22-4/h7-8,11H,5-6,9-10H2,1-4H3,(H,17,19)/t11-/m1/s1. The van der Waals surface area contributed by atoms with Gasteiger partial charge in [0.15, 0.2) is 0 Å².